The Morgan fingerprint density at radius 1 is 1.18 bits per heavy atom. The van der Waals surface area contributed by atoms with E-state index in [1.54, 1.807) is 0 Å². The number of Topliss-reactive ketones (excluding diaryl/α,β-unsaturated/α-hetero) is 1. The van der Waals surface area contributed by atoms with Crippen LogP contribution in [0.5, 0.6) is 0 Å². The van der Waals surface area contributed by atoms with Gasteiger partial charge in [0.05, 0.1) is 6.04 Å². The molecule has 1 saturated heterocycles. The molecule has 1 amide bonds. The second kappa shape index (κ2) is 9.82. The summed E-state index contributed by atoms with van der Waals surface area (Å²) in [6.45, 7) is 3.77. The van der Waals surface area contributed by atoms with E-state index in [2.05, 4.69) is 25.7 Å². The molecule has 1 unspecified atom stereocenters. The van der Waals surface area contributed by atoms with Crippen LogP contribution in [0.4, 0.5) is 10.7 Å². The van der Waals surface area contributed by atoms with Crippen LogP contribution < -0.4 is 10.2 Å². The molecule has 2 heterocycles. The van der Waals surface area contributed by atoms with Crippen LogP contribution in [-0.2, 0) is 22.7 Å². The molecule has 1 aromatic carbocycles. The van der Waals surface area contributed by atoms with Gasteiger partial charge in [-0.3, -0.25) is 4.79 Å². The summed E-state index contributed by atoms with van der Waals surface area (Å²) >= 11 is 0. The van der Waals surface area contributed by atoms with Gasteiger partial charge in [0, 0.05) is 13.1 Å². The van der Waals surface area contributed by atoms with Crippen LogP contribution >= 0.6 is 0 Å². The highest BCUT2D eigenvalue weighted by Crippen LogP contribution is 2.16. The van der Waals surface area contributed by atoms with Gasteiger partial charge >= 0.3 is 6.09 Å². The van der Waals surface area contributed by atoms with Gasteiger partial charge in [0.25, 0.3) is 0 Å². The Labute approximate surface area is 164 Å². The standard InChI is InChI=1S/C19H26N6O3/c1-2-16(20-19(27)28-14-15-9-5-3-6-10-15)17(26)13-25-18(21-22-23-25)24-11-7-4-8-12-24/h3,5-6,9-10,16H,2,4,7-8,11-14H2,1H3,(H,20,27). The molecule has 0 saturated carbocycles. The van der Waals surface area contributed by atoms with Crippen LogP contribution in [0.25, 0.3) is 0 Å². The fraction of sp³-hybridized carbons (Fsp3) is 0.526. The Kier molecular flexibility index (Phi) is 6.94. The zero-order chi connectivity index (χ0) is 19.8. The summed E-state index contributed by atoms with van der Waals surface area (Å²) in [6, 6.07) is 8.74. The Hall–Kier alpha value is -2.97. The summed E-state index contributed by atoms with van der Waals surface area (Å²) in [6.07, 6.45) is 3.22. The number of benzene rings is 1. The van der Waals surface area contributed by atoms with E-state index < -0.39 is 12.1 Å². The molecule has 1 aromatic heterocycles. The Balaban J connectivity index is 1.53. The highest BCUT2D eigenvalue weighted by atomic mass is 16.5. The molecule has 28 heavy (non-hydrogen) atoms. The van der Waals surface area contributed by atoms with Crippen molar-refractivity contribution in [2.45, 2.75) is 51.8 Å². The van der Waals surface area contributed by atoms with Crippen molar-refractivity contribution in [1.29, 1.82) is 0 Å². The van der Waals surface area contributed by atoms with Crippen molar-refractivity contribution in [2.24, 2.45) is 0 Å². The van der Waals surface area contributed by atoms with Gasteiger partial charge in [-0.25, -0.2) is 9.48 Å². The molecule has 1 aliphatic rings. The number of ketones is 1. The first-order chi connectivity index (χ1) is 13.7. The maximum Gasteiger partial charge on any atom is 0.408 e. The molecule has 9 heteroatoms. The number of amides is 1. The van der Waals surface area contributed by atoms with Crippen molar-refractivity contribution >= 4 is 17.8 Å². The Morgan fingerprint density at radius 2 is 1.93 bits per heavy atom. The molecule has 0 radical (unpaired) electrons. The molecule has 0 aliphatic carbocycles. The normalized spacial score (nSPS) is 15.1. The second-order valence-corrected chi connectivity index (χ2v) is 6.82. The monoisotopic (exact) mass is 386 g/mol. The van der Waals surface area contributed by atoms with E-state index in [1.165, 1.54) is 11.1 Å². The quantitative estimate of drug-likeness (QED) is 0.739. The van der Waals surface area contributed by atoms with Gasteiger partial charge in [0.2, 0.25) is 5.95 Å². The third kappa shape index (κ3) is 5.28. The van der Waals surface area contributed by atoms with Gasteiger partial charge in [-0.05, 0) is 41.7 Å². The number of tetrazole rings is 1. The Bertz CT molecular complexity index is 773. The summed E-state index contributed by atoms with van der Waals surface area (Å²) in [5.74, 6) is 0.444. The molecule has 2 aromatic rings. The number of carbonyl (C=O) groups excluding carboxylic acids is 2. The van der Waals surface area contributed by atoms with E-state index in [1.807, 2.05) is 37.3 Å². The minimum absolute atomic E-state index is 0.0102. The predicted molar refractivity (Wildman–Crippen MR) is 103 cm³/mol. The molecular weight excluding hydrogens is 360 g/mol. The van der Waals surface area contributed by atoms with E-state index in [0.29, 0.717) is 12.4 Å². The van der Waals surface area contributed by atoms with Crippen LogP contribution in [0, 0.1) is 0 Å². The lowest BCUT2D eigenvalue weighted by Gasteiger charge is -2.26. The van der Waals surface area contributed by atoms with Crippen molar-refractivity contribution < 1.29 is 14.3 Å². The lowest BCUT2D eigenvalue weighted by molar-refractivity contribution is -0.121. The van der Waals surface area contributed by atoms with Crippen molar-refractivity contribution in [2.75, 3.05) is 18.0 Å². The van der Waals surface area contributed by atoms with Gasteiger partial charge in [-0.2, -0.15) is 0 Å². The summed E-state index contributed by atoms with van der Waals surface area (Å²) in [7, 11) is 0. The number of alkyl carbamates (subject to hydrolysis) is 1. The zero-order valence-electron chi connectivity index (χ0n) is 16.1. The maximum atomic E-state index is 12.7. The zero-order valence-corrected chi connectivity index (χ0v) is 16.1. The van der Waals surface area contributed by atoms with Gasteiger partial charge < -0.3 is 15.0 Å². The molecular formula is C19H26N6O3. The summed E-state index contributed by atoms with van der Waals surface area (Å²) in [5, 5.41) is 14.4. The van der Waals surface area contributed by atoms with Crippen LogP contribution in [-0.4, -0.2) is 51.2 Å². The largest absolute Gasteiger partial charge is 0.445 e. The predicted octanol–water partition coefficient (Wildman–Crippen LogP) is 1.94. The number of hydrogen-bond acceptors (Lipinski definition) is 7. The first-order valence-corrected chi connectivity index (χ1v) is 9.68. The Morgan fingerprint density at radius 3 is 2.64 bits per heavy atom. The van der Waals surface area contributed by atoms with Crippen molar-refractivity contribution in [3.63, 3.8) is 0 Å². The number of ether oxygens (including phenoxy) is 1. The second-order valence-electron chi connectivity index (χ2n) is 6.82. The average molecular weight is 386 g/mol. The first kappa shape index (κ1) is 19.8. The molecule has 1 fully saturated rings. The fourth-order valence-corrected chi connectivity index (χ4v) is 3.20. The van der Waals surface area contributed by atoms with Crippen LogP contribution in [0.1, 0.15) is 38.2 Å². The lowest BCUT2D eigenvalue weighted by Crippen LogP contribution is -2.42. The van der Waals surface area contributed by atoms with Gasteiger partial charge in [0.15, 0.2) is 5.78 Å². The van der Waals surface area contributed by atoms with E-state index in [0.717, 1.165) is 31.5 Å². The van der Waals surface area contributed by atoms with Gasteiger partial charge in [-0.1, -0.05) is 42.4 Å². The summed E-state index contributed by atoms with van der Waals surface area (Å²) < 4.78 is 6.71. The minimum Gasteiger partial charge on any atom is -0.445 e. The summed E-state index contributed by atoms with van der Waals surface area (Å²) in [5.41, 5.74) is 0.886. The van der Waals surface area contributed by atoms with E-state index >= 15 is 0 Å². The molecule has 1 atom stereocenters. The fourth-order valence-electron chi connectivity index (χ4n) is 3.20. The number of nitrogens with zero attached hydrogens (tertiary/aromatic N) is 5. The molecule has 3 rings (SSSR count). The number of carbonyl (C=O) groups is 2. The van der Waals surface area contributed by atoms with Crippen LogP contribution in [0.3, 0.4) is 0 Å². The van der Waals surface area contributed by atoms with Crippen molar-refractivity contribution in [1.82, 2.24) is 25.5 Å². The van der Waals surface area contributed by atoms with Gasteiger partial charge in [0.1, 0.15) is 13.2 Å². The van der Waals surface area contributed by atoms with Crippen molar-refractivity contribution in [3.8, 4) is 0 Å². The minimum atomic E-state index is -0.651. The van der Waals surface area contributed by atoms with Crippen LogP contribution in [0.15, 0.2) is 30.3 Å². The summed E-state index contributed by atoms with van der Waals surface area (Å²) in [4.78, 5) is 26.8. The van der Waals surface area contributed by atoms with Gasteiger partial charge in [-0.15, -0.1) is 0 Å². The number of nitrogens with one attached hydrogen (secondary N) is 1. The third-order valence-electron chi connectivity index (χ3n) is 4.76. The van der Waals surface area contributed by atoms with E-state index in [9.17, 15) is 9.59 Å². The molecule has 150 valence electrons. The average Bonchev–Trinajstić information content (AvgIpc) is 3.20. The molecule has 0 spiro atoms. The first-order valence-electron chi connectivity index (χ1n) is 9.68. The lowest BCUT2D eigenvalue weighted by atomic mass is 10.1. The number of piperidine rings is 1. The van der Waals surface area contributed by atoms with E-state index in [4.69, 9.17) is 4.74 Å². The molecule has 1 N–H and O–H groups in total. The third-order valence-corrected chi connectivity index (χ3v) is 4.76. The molecule has 1 aliphatic heterocycles. The highest BCUT2D eigenvalue weighted by molar-refractivity contribution is 5.87. The number of hydrogen-bond donors (Lipinski definition) is 1. The van der Waals surface area contributed by atoms with E-state index in [-0.39, 0.29) is 18.9 Å². The maximum absolute atomic E-state index is 12.7. The highest BCUT2D eigenvalue weighted by Gasteiger charge is 2.24. The smallest absolute Gasteiger partial charge is 0.408 e. The number of rotatable bonds is 8. The van der Waals surface area contributed by atoms with Crippen molar-refractivity contribution in [3.05, 3.63) is 35.9 Å². The van der Waals surface area contributed by atoms with Crippen LogP contribution in [0.2, 0.25) is 0 Å². The number of anilines is 1. The SMILES string of the molecule is CCC(NC(=O)OCc1ccccc1)C(=O)Cn1nnnc1N1CCCCC1. The molecule has 0 bridgehead atoms. The topological polar surface area (TPSA) is 102 Å². The molecule has 9 nitrogen and oxygen atoms in total. The number of aromatic nitrogens is 4.